The van der Waals surface area contributed by atoms with Crippen LogP contribution in [0.1, 0.15) is 11.1 Å². The number of nitrogens with two attached hydrogens (primary N) is 2. The molecule has 0 unspecified atom stereocenters. The number of hydrogen-bond acceptors (Lipinski definition) is 2. The molecule has 0 heterocycles. The molecule has 0 saturated heterocycles. The molecular formula is C9H10BrClN4. The lowest BCUT2D eigenvalue weighted by molar-refractivity contribution is 1.04. The predicted octanol–water partition coefficient (Wildman–Crippen LogP) is 1.52. The van der Waals surface area contributed by atoms with E-state index in [9.17, 15) is 0 Å². The van der Waals surface area contributed by atoms with Crippen molar-refractivity contribution in [1.29, 1.82) is 5.26 Å². The van der Waals surface area contributed by atoms with Crippen LogP contribution in [0.15, 0.2) is 27.7 Å². The zero-order chi connectivity index (χ0) is 10.6. The molecule has 1 aromatic carbocycles. The molecule has 0 radical (unpaired) electrons. The molecule has 1 rings (SSSR count). The van der Waals surface area contributed by atoms with Crippen molar-refractivity contribution >= 4 is 34.3 Å². The van der Waals surface area contributed by atoms with Gasteiger partial charge in [-0.3, -0.25) is 0 Å². The molecular weight excluding hydrogens is 279 g/mol. The van der Waals surface area contributed by atoms with E-state index in [0.717, 1.165) is 10.0 Å². The fourth-order valence-corrected chi connectivity index (χ4v) is 1.43. The molecule has 0 aromatic heterocycles. The lowest BCUT2D eigenvalue weighted by Crippen LogP contribution is -2.22. The Kier molecular flexibility index (Phi) is 5.75. The van der Waals surface area contributed by atoms with Crippen molar-refractivity contribution < 1.29 is 0 Å². The lowest BCUT2D eigenvalue weighted by atomic mass is 10.1. The molecule has 4 nitrogen and oxygen atoms in total. The number of benzene rings is 1. The van der Waals surface area contributed by atoms with E-state index < -0.39 is 0 Å². The molecule has 0 saturated carbocycles. The van der Waals surface area contributed by atoms with Crippen LogP contribution in [0.5, 0.6) is 0 Å². The second kappa shape index (κ2) is 6.27. The van der Waals surface area contributed by atoms with Crippen LogP contribution in [0.4, 0.5) is 0 Å². The quantitative estimate of drug-likeness (QED) is 0.639. The van der Waals surface area contributed by atoms with Crippen LogP contribution >= 0.6 is 28.3 Å². The van der Waals surface area contributed by atoms with Crippen molar-refractivity contribution in [2.75, 3.05) is 0 Å². The average molecular weight is 290 g/mol. The molecule has 0 atom stereocenters. The molecule has 4 N–H and O–H groups in total. The number of guanidine groups is 1. The summed E-state index contributed by atoms with van der Waals surface area (Å²) in [5.41, 5.74) is 12.0. The van der Waals surface area contributed by atoms with Gasteiger partial charge in [0.25, 0.3) is 0 Å². The van der Waals surface area contributed by atoms with Crippen molar-refractivity contribution in [2.24, 2.45) is 16.5 Å². The van der Waals surface area contributed by atoms with Gasteiger partial charge >= 0.3 is 0 Å². The fourth-order valence-electron chi connectivity index (χ4n) is 0.922. The van der Waals surface area contributed by atoms with Gasteiger partial charge in [-0.05, 0) is 17.7 Å². The van der Waals surface area contributed by atoms with E-state index in [1.54, 1.807) is 12.1 Å². The summed E-state index contributed by atoms with van der Waals surface area (Å²) in [5.74, 6) is 0.0567. The fraction of sp³-hybridized carbons (Fsp3) is 0.111. The van der Waals surface area contributed by atoms with E-state index in [0.29, 0.717) is 12.1 Å². The van der Waals surface area contributed by atoms with Crippen LogP contribution in [-0.4, -0.2) is 5.96 Å². The highest BCUT2D eigenvalue weighted by molar-refractivity contribution is 9.10. The Morgan fingerprint density at radius 3 is 2.60 bits per heavy atom. The Morgan fingerprint density at radius 1 is 1.47 bits per heavy atom. The predicted molar refractivity (Wildman–Crippen MR) is 65.6 cm³/mol. The van der Waals surface area contributed by atoms with Crippen molar-refractivity contribution in [2.45, 2.75) is 6.54 Å². The summed E-state index contributed by atoms with van der Waals surface area (Å²) >= 11 is 3.34. The first-order valence-electron chi connectivity index (χ1n) is 3.87. The lowest BCUT2D eigenvalue weighted by Gasteiger charge is -2.01. The van der Waals surface area contributed by atoms with E-state index in [1.165, 1.54) is 0 Å². The zero-order valence-electron chi connectivity index (χ0n) is 7.77. The summed E-state index contributed by atoms with van der Waals surface area (Å²) in [5, 5.41) is 8.63. The number of nitrogens with zero attached hydrogens (tertiary/aromatic N) is 2. The second-order valence-electron chi connectivity index (χ2n) is 2.66. The van der Waals surface area contributed by atoms with Gasteiger partial charge in [-0.25, -0.2) is 4.99 Å². The number of aliphatic imine (C=N–C) groups is 1. The standard InChI is InChI=1S/C9H9BrN4.ClH/c10-8-3-6(4-11)1-2-7(8)5-14-9(12)13;/h1-3H,5H2,(H4,12,13,14);1H. The molecule has 15 heavy (non-hydrogen) atoms. The maximum Gasteiger partial charge on any atom is 0.186 e. The highest BCUT2D eigenvalue weighted by atomic mass is 79.9. The van der Waals surface area contributed by atoms with Crippen LogP contribution < -0.4 is 11.5 Å². The Balaban J connectivity index is 0.00000196. The van der Waals surface area contributed by atoms with Gasteiger partial charge in [0.05, 0.1) is 18.2 Å². The third-order valence-corrected chi connectivity index (χ3v) is 2.35. The first kappa shape index (κ1) is 13.8. The first-order chi connectivity index (χ1) is 6.63. The summed E-state index contributed by atoms with van der Waals surface area (Å²) in [4.78, 5) is 3.87. The molecule has 0 aliphatic rings. The minimum absolute atomic E-state index is 0. The van der Waals surface area contributed by atoms with Crippen LogP contribution in [0.3, 0.4) is 0 Å². The van der Waals surface area contributed by atoms with Crippen LogP contribution in [0, 0.1) is 11.3 Å². The first-order valence-corrected chi connectivity index (χ1v) is 4.66. The van der Waals surface area contributed by atoms with Gasteiger partial charge in [0.1, 0.15) is 0 Å². The minimum atomic E-state index is 0. The average Bonchev–Trinajstić information content (AvgIpc) is 2.15. The van der Waals surface area contributed by atoms with Gasteiger partial charge in [0.15, 0.2) is 5.96 Å². The Morgan fingerprint density at radius 2 is 2.13 bits per heavy atom. The normalized spacial score (nSPS) is 8.53. The van der Waals surface area contributed by atoms with Crippen molar-refractivity contribution in [3.8, 4) is 6.07 Å². The Labute approximate surface area is 103 Å². The van der Waals surface area contributed by atoms with E-state index >= 15 is 0 Å². The Bertz CT molecular complexity index is 407. The molecule has 6 heteroatoms. The third kappa shape index (κ3) is 4.19. The van der Waals surface area contributed by atoms with E-state index in [4.69, 9.17) is 16.7 Å². The molecule has 0 spiro atoms. The van der Waals surface area contributed by atoms with Crippen LogP contribution in [-0.2, 0) is 6.54 Å². The topological polar surface area (TPSA) is 88.2 Å². The summed E-state index contributed by atoms with van der Waals surface area (Å²) in [6.45, 7) is 0.411. The van der Waals surface area contributed by atoms with Gasteiger partial charge in [0, 0.05) is 4.47 Å². The molecule has 0 fully saturated rings. The maximum atomic E-state index is 8.63. The van der Waals surface area contributed by atoms with E-state index in [2.05, 4.69) is 20.9 Å². The largest absolute Gasteiger partial charge is 0.370 e. The van der Waals surface area contributed by atoms with Crippen molar-refractivity contribution in [1.82, 2.24) is 0 Å². The Hall–Kier alpha value is -1.25. The number of nitriles is 1. The highest BCUT2D eigenvalue weighted by Crippen LogP contribution is 2.18. The summed E-state index contributed by atoms with van der Waals surface area (Å²) in [7, 11) is 0. The number of hydrogen-bond donors (Lipinski definition) is 2. The molecule has 0 aliphatic heterocycles. The van der Waals surface area contributed by atoms with E-state index in [1.807, 2.05) is 12.1 Å². The number of rotatable bonds is 2. The van der Waals surface area contributed by atoms with Gasteiger partial charge in [-0.1, -0.05) is 22.0 Å². The van der Waals surface area contributed by atoms with Gasteiger partial charge in [-0.15, -0.1) is 12.4 Å². The molecule has 0 amide bonds. The smallest absolute Gasteiger partial charge is 0.186 e. The van der Waals surface area contributed by atoms with E-state index in [-0.39, 0.29) is 18.4 Å². The molecule has 0 aliphatic carbocycles. The number of halogens is 2. The summed E-state index contributed by atoms with van der Waals surface area (Å²) in [6, 6.07) is 7.32. The molecule has 80 valence electrons. The molecule has 1 aromatic rings. The highest BCUT2D eigenvalue weighted by Gasteiger charge is 2.00. The van der Waals surface area contributed by atoms with Gasteiger partial charge in [0.2, 0.25) is 0 Å². The van der Waals surface area contributed by atoms with Gasteiger partial charge in [-0.2, -0.15) is 5.26 Å². The molecule has 0 bridgehead atoms. The van der Waals surface area contributed by atoms with Gasteiger partial charge < -0.3 is 11.5 Å². The van der Waals surface area contributed by atoms with Crippen molar-refractivity contribution in [3.05, 3.63) is 33.8 Å². The third-order valence-electron chi connectivity index (χ3n) is 1.61. The SMILES string of the molecule is Cl.N#Cc1ccc(CN=C(N)N)c(Br)c1. The second-order valence-corrected chi connectivity index (χ2v) is 3.51. The zero-order valence-corrected chi connectivity index (χ0v) is 10.2. The van der Waals surface area contributed by atoms with Crippen LogP contribution in [0.2, 0.25) is 0 Å². The summed E-state index contributed by atoms with van der Waals surface area (Å²) in [6.07, 6.45) is 0. The minimum Gasteiger partial charge on any atom is -0.370 e. The maximum absolute atomic E-state index is 8.63. The summed E-state index contributed by atoms with van der Waals surface area (Å²) < 4.78 is 0.835. The monoisotopic (exact) mass is 288 g/mol. The van der Waals surface area contributed by atoms with Crippen LogP contribution in [0.25, 0.3) is 0 Å². The van der Waals surface area contributed by atoms with Crippen molar-refractivity contribution in [3.63, 3.8) is 0 Å².